The molecule has 27 heavy (non-hydrogen) atoms. The first-order valence-corrected chi connectivity index (χ1v) is 8.24. The Morgan fingerprint density at radius 2 is 1.81 bits per heavy atom. The summed E-state index contributed by atoms with van der Waals surface area (Å²) in [5, 5.41) is 20.0. The van der Waals surface area contributed by atoms with E-state index in [1.54, 1.807) is 24.5 Å². The van der Waals surface area contributed by atoms with Gasteiger partial charge in [-0.05, 0) is 35.9 Å². The fraction of sp³-hybridized carbons (Fsp3) is 0.111. The van der Waals surface area contributed by atoms with Crippen LogP contribution in [0, 0.1) is 0 Å². The first-order chi connectivity index (χ1) is 13.1. The van der Waals surface area contributed by atoms with Crippen molar-refractivity contribution >= 4 is 17.1 Å². The van der Waals surface area contributed by atoms with Crippen LogP contribution in [-0.2, 0) is 0 Å². The second-order valence-electron chi connectivity index (χ2n) is 6.00. The number of benzene rings is 1. The van der Waals surface area contributed by atoms with Gasteiger partial charge in [-0.2, -0.15) is 5.21 Å². The molecule has 2 aromatic heterocycles. The third kappa shape index (κ3) is 3.17. The van der Waals surface area contributed by atoms with E-state index in [0.29, 0.717) is 11.5 Å². The van der Waals surface area contributed by atoms with Crippen molar-refractivity contribution in [1.82, 2.24) is 25.6 Å². The summed E-state index contributed by atoms with van der Waals surface area (Å²) in [5.74, 6) is 0.484. The highest BCUT2D eigenvalue weighted by Crippen LogP contribution is 2.26. The van der Waals surface area contributed by atoms with Gasteiger partial charge < -0.3 is 10.6 Å². The zero-order valence-corrected chi connectivity index (χ0v) is 14.3. The molecule has 1 unspecified atom stereocenters. The zero-order valence-electron chi connectivity index (χ0n) is 14.3. The van der Waals surface area contributed by atoms with Gasteiger partial charge in [0.15, 0.2) is 0 Å². The minimum Gasteiger partial charge on any atom is -0.373 e. The lowest BCUT2D eigenvalue weighted by Crippen LogP contribution is -2.37. The predicted octanol–water partition coefficient (Wildman–Crippen LogP) is 1.77. The molecule has 0 bridgehead atoms. The molecule has 3 N–H and O–H groups in total. The number of aromatic nitrogens is 5. The normalized spacial score (nSPS) is 12.0. The van der Waals surface area contributed by atoms with Gasteiger partial charge in [-0.3, -0.25) is 14.6 Å². The first kappa shape index (κ1) is 16.6. The van der Waals surface area contributed by atoms with Crippen molar-refractivity contribution < 1.29 is 0 Å². The molecule has 134 valence electrons. The Balaban J connectivity index is 1.57. The number of pyridine rings is 1. The van der Waals surface area contributed by atoms with Crippen molar-refractivity contribution in [2.24, 2.45) is 0 Å². The number of nitrogens with zero attached hydrogens (tertiary/aromatic N) is 4. The van der Waals surface area contributed by atoms with Gasteiger partial charge in [0.2, 0.25) is 5.82 Å². The van der Waals surface area contributed by atoms with Gasteiger partial charge in [0.05, 0.1) is 0 Å². The Labute approximate surface area is 153 Å². The van der Waals surface area contributed by atoms with E-state index in [2.05, 4.69) is 36.2 Å². The molecule has 0 aliphatic heterocycles. The van der Waals surface area contributed by atoms with Gasteiger partial charge in [-0.25, -0.2) is 0 Å². The molecule has 2 heterocycles. The van der Waals surface area contributed by atoms with Crippen LogP contribution in [0.1, 0.15) is 18.5 Å². The number of hydrogen-bond donors (Lipinski definition) is 3. The Kier molecular flexibility index (Phi) is 4.17. The lowest BCUT2D eigenvalue weighted by atomic mass is 10.0. The van der Waals surface area contributed by atoms with Gasteiger partial charge in [0, 0.05) is 29.7 Å². The number of nitrogens with one attached hydrogen (secondary N) is 3. The molecule has 9 heteroatoms. The Morgan fingerprint density at radius 3 is 2.56 bits per heavy atom. The van der Waals surface area contributed by atoms with Crippen molar-refractivity contribution in [2.75, 3.05) is 10.6 Å². The summed E-state index contributed by atoms with van der Waals surface area (Å²) >= 11 is 0. The highest BCUT2D eigenvalue weighted by Gasteiger charge is 2.23. The minimum atomic E-state index is -0.540. The van der Waals surface area contributed by atoms with Crippen LogP contribution in [0.4, 0.5) is 17.1 Å². The lowest BCUT2D eigenvalue weighted by Gasteiger charge is -2.20. The summed E-state index contributed by atoms with van der Waals surface area (Å²) in [6.07, 6.45) is 3.21. The number of anilines is 3. The fourth-order valence-electron chi connectivity index (χ4n) is 2.76. The van der Waals surface area contributed by atoms with Crippen LogP contribution in [0.15, 0.2) is 58.4 Å². The molecular formula is C18H15N7O2. The molecule has 1 atom stereocenters. The maximum atomic E-state index is 12.0. The Morgan fingerprint density at radius 1 is 1.04 bits per heavy atom. The van der Waals surface area contributed by atoms with Crippen molar-refractivity contribution in [2.45, 2.75) is 13.0 Å². The summed E-state index contributed by atoms with van der Waals surface area (Å²) in [6.45, 7) is 1.91. The van der Waals surface area contributed by atoms with Crippen LogP contribution in [0.2, 0.25) is 0 Å². The van der Waals surface area contributed by atoms with Crippen LogP contribution >= 0.6 is 0 Å². The maximum absolute atomic E-state index is 12.0. The molecular weight excluding hydrogens is 346 g/mol. The van der Waals surface area contributed by atoms with E-state index in [1.165, 1.54) is 0 Å². The third-order valence-electron chi connectivity index (χ3n) is 4.21. The molecule has 0 saturated heterocycles. The van der Waals surface area contributed by atoms with E-state index in [4.69, 9.17) is 0 Å². The number of H-pyrrole nitrogens is 1. The van der Waals surface area contributed by atoms with Gasteiger partial charge >= 0.3 is 0 Å². The Hall–Kier alpha value is -3.88. The first-order valence-electron chi connectivity index (χ1n) is 8.24. The van der Waals surface area contributed by atoms with Crippen molar-refractivity contribution in [3.05, 3.63) is 74.8 Å². The lowest BCUT2D eigenvalue weighted by molar-refractivity contribution is 0.880. The second kappa shape index (κ2) is 6.79. The van der Waals surface area contributed by atoms with E-state index in [1.807, 2.05) is 31.2 Å². The minimum absolute atomic E-state index is 0.210. The average Bonchev–Trinajstić information content (AvgIpc) is 3.26. The van der Waals surface area contributed by atoms with E-state index in [0.717, 1.165) is 11.1 Å². The summed E-state index contributed by atoms with van der Waals surface area (Å²) in [4.78, 5) is 27.9. The van der Waals surface area contributed by atoms with Gasteiger partial charge in [0.1, 0.15) is 11.4 Å². The molecule has 0 radical (unpaired) electrons. The molecule has 0 aliphatic carbocycles. The van der Waals surface area contributed by atoms with Crippen molar-refractivity contribution in [3.8, 4) is 11.4 Å². The Bertz CT molecular complexity index is 1130. The molecule has 2 aromatic carbocycles. The van der Waals surface area contributed by atoms with Crippen molar-refractivity contribution in [1.29, 1.82) is 0 Å². The highest BCUT2D eigenvalue weighted by molar-refractivity contribution is 5.79. The summed E-state index contributed by atoms with van der Waals surface area (Å²) in [5.41, 5.74) is 1.86. The van der Waals surface area contributed by atoms with E-state index >= 15 is 0 Å². The molecule has 0 spiro atoms. The standard InChI is InChI=1S/C18H15N7O2/c1-10(11-3-2-4-12(9-11)18-22-24-25-23-18)20-14-15(17(27)16(14)26)21-13-5-7-19-8-6-13/h2-10,20H,1H3,(H,19,21)(H,22,23,24,25). The molecule has 4 rings (SSSR count). The molecule has 0 fully saturated rings. The monoisotopic (exact) mass is 361 g/mol. The predicted molar refractivity (Wildman–Crippen MR) is 101 cm³/mol. The third-order valence-corrected chi connectivity index (χ3v) is 4.21. The molecule has 9 nitrogen and oxygen atoms in total. The van der Waals surface area contributed by atoms with Gasteiger partial charge in [-0.1, -0.05) is 18.2 Å². The maximum Gasteiger partial charge on any atom is 0.253 e. The van der Waals surface area contributed by atoms with Gasteiger partial charge in [-0.15, -0.1) is 10.2 Å². The molecule has 0 aliphatic rings. The fourth-order valence-corrected chi connectivity index (χ4v) is 2.76. The largest absolute Gasteiger partial charge is 0.373 e. The number of aromatic amines is 1. The molecule has 0 amide bonds. The summed E-state index contributed by atoms with van der Waals surface area (Å²) in [7, 11) is 0. The van der Waals surface area contributed by atoms with Crippen LogP contribution in [0.3, 0.4) is 0 Å². The molecule has 0 saturated carbocycles. The van der Waals surface area contributed by atoms with Crippen molar-refractivity contribution in [3.63, 3.8) is 0 Å². The number of rotatable bonds is 6. The van der Waals surface area contributed by atoms with Crippen LogP contribution in [-0.4, -0.2) is 25.6 Å². The quantitative estimate of drug-likeness (QED) is 0.444. The summed E-state index contributed by atoms with van der Waals surface area (Å²) in [6, 6.07) is 10.8. The van der Waals surface area contributed by atoms with E-state index in [-0.39, 0.29) is 17.4 Å². The second-order valence-corrected chi connectivity index (χ2v) is 6.00. The number of tetrazole rings is 1. The number of hydrogen-bond acceptors (Lipinski definition) is 8. The SMILES string of the molecule is CC(Nc1c(Nc2ccncc2)c(=O)c1=O)c1cccc(-c2nn[nH]n2)c1. The summed E-state index contributed by atoms with van der Waals surface area (Å²) < 4.78 is 0. The average molecular weight is 361 g/mol. The van der Waals surface area contributed by atoms with Crippen LogP contribution in [0.5, 0.6) is 0 Å². The topological polar surface area (TPSA) is 126 Å². The molecule has 4 aromatic rings. The zero-order chi connectivity index (χ0) is 18.8. The van der Waals surface area contributed by atoms with E-state index in [9.17, 15) is 9.59 Å². The van der Waals surface area contributed by atoms with E-state index < -0.39 is 10.9 Å². The highest BCUT2D eigenvalue weighted by atomic mass is 16.2. The smallest absolute Gasteiger partial charge is 0.253 e. The van der Waals surface area contributed by atoms with Crippen LogP contribution < -0.4 is 21.5 Å². The van der Waals surface area contributed by atoms with Crippen LogP contribution in [0.25, 0.3) is 11.4 Å². The van der Waals surface area contributed by atoms with Gasteiger partial charge in [0.25, 0.3) is 10.9 Å².